The van der Waals surface area contributed by atoms with Gasteiger partial charge in [0.25, 0.3) is 0 Å². The van der Waals surface area contributed by atoms with Crippen LogP contribution in [0.5, 0.6) is 0 Å². The van der Waals surface area contributed by atoms with Crippen LogP contribution in [0.4, 0.5) is 10.2 Å². The van der Waals surface area contributed by atoms with Gasteiger partial charge in [0.2, 0.25) is 5.95 Å². The normalized spacial score (nSPS) is 20.7. The maximum Gasteiger partial charge on any atom is 0.495 e. The van der Waals surface area contributed by atoms with E-state index in [2.05, 4.69) is 4.98 Å². The summed E-state index contributed by atoms with van der Waals surface area (Å²) in [6, 6.07) is 3.14. The zero-order chi connectivity index (χ0) is 14.4. The summed E-state index contributed by atoms with van der Waals surface area (Å²) in [4.78, 5) is 5.57. The van der Waals surface area contributed by atoms with E-state index in [4.69, 9.17) is 9.31 Å². The number of aromatic nitrogens is 1. The van der Waals surface area contributed by atoms with Gasteiger partial charge in [-0.05, 0) is 45.3 Å². The maximum absolute atomic E-state index is 13.6. The van der Waals surface area contributed by atoms with Crippen LogP contribution in [-0.4, -0.2) is 37.4 Å². The fourth-order valence-electron chi connectivity index (χ4n) is 1.85. The Hall–Kier alpha value is -1.14. The molecule has 6 heteroatoms. The highest BCUT2D eigenvalue weighted by molar-refractivity contribution is 6.62. The Morgan fingerprint density at radius 3 is 2.11 bits per heavy atom. The predicted molar refractivity (Wildman–Crippen MR) is 74.2 cm³/mol. The second kappa shape index (κ2) is 4.46. The molecule has 1 fully saturated rings. The minimum atomic E-state index is -0.568. The van der Waals surface area contributed by atoms with Crippen molar-refractivity contribution in [3.63, 3.8) is 0 Å². The molecule has 1 aromatic rings. The van der Waals surface area contributed by atoms with E-state index in [1.165, 1.54) is 6.07 Å². The molecule has 1 aromatic heterocycles. The van der Waals surface area contributed by atoms with Crippen LogP contribution in [0.15, 0.2) is 12.1 Å². The lowest BCUT2D eigenvalue weighted by molar-refractivity contribution is 0.00578. The lowest BCUT2D eigenvalue weighted by Crippen LogP contribution is -2.41. The first-order chi connectivity index (χ1) is 8.62. The molecule has 0 atom stereocenters. The summed E-state index contributed by atoms with van der Waals surface area (Å²) in [6.45, 7) is 7.88. The van der Waals surface area contributed by atoms with Gasteiger partial charge in [-0.25, -0.2) is 4.98 Å². The average molecular weight is 266 g/mol. The summed E-state index contributed by atoms with van der Waals surface area (Å²) >= 11 is 0. The lowest BCUT2D eigenvalue weighted by atomic mass is 9.79. The number of hydrogen-bond donors (Lipinski definition) is 0. The number of halogens is 1. The van der Waals surface area contributed by atoms with E-state index in [0.717, 1.165) is 0 Å². The van der Waals surface area contributed by atoms with E-state index >= 15 is 0 Å². The van der Waals surface area contributed by atoms with Gasteiger partial charge in [-0.15, -0.1) is 0 Å². The summed E-state index contributed by atoms with van der Waals surface area (Å²) in [7, 11) is 3.06. The van der Waals surface area contributed by atoms with Crippen LogP contribution in [0.3, 0.4) is 0 Å². The van der Waals surface area contributed by atoms with E-state index in [1.807, 2.05) is 41.8 Å². The number of pyridine rings is 1. The molecule has 1 aliphatic rings. The molecule has 1 saturated heterocycles. The van der Waals surface area contributed by atoms with Crippen molar-refractivity contribution in [3.05, 3.63) is 18.1 Å². The van der Waals surface area contributed by atoms with Crippen LogP contribution in [-0.2, 0) is 9.31 Å². The minimum Gasteiger partial charge on any atom is -0.399 e. The molecule has 0 spiro atoms. The molecule has 0 bridgehead atoms. The molecule has 19 heavy (non-hydrogen) atoms. The van der Waals surface area contributed by atoms with E-state index in [-0.39, 0.29) is 0 Å². The van der Waals surface area contributed by atoms with Crippen molar-refractivity contribution in [2.24, 2.45) is 0 Å². The van der Waals surface area contributed by atoms with Crippen molar-refractivity contribution < 1.29 is 13.7 Å². The molecule has 4 nitrogen and oxygen atoms in total. The van der Waals surface area contributed by atoms with Crippen LogP contribution < -0.4 is 10.4 Å². The van der Waals surface area contributed by atoms with E-state index < -0.39 is 24.3 Å². The summed E-state index contributed by atoms with van der Waals surface area (Å²) in [5, 5.41) is 0. The topological polar surface area (TPSA) is 34.6 Å². The third-order valence-electron chi connectivity index (χ3n) is 3.79. The van der Waals surface area contributed by atoms with Gasteiger partial charge >= 0.3 is 7.12 Å². The second-order valence-electron chi connectivity index (χ2n) is 6.06. The highest BCUT2D eigenvalue weighted by Crippen LogP contribution is 2.36. The third-order valence-corrected chi connectivity index (χ3v) is 3.79. The van der Waals surface area contributed by atoms with Gasteiger partial charge in [-0.3, -0.25) is 0 Å². The third kappa shape index (κ3) is 2.60. The second-order valence-corrected chi connectivity index (χ2v) is 6.06. The van der Waals surface area contributed by atoms with E-state index in [9.17, 15) is 4.39 Å². The van der Waals surface area contributed by atoms with Gasteiger partial charge in [-0.2, -0.15) is 4.39 Å². The van der Waals surface area contributed by atoms with Crippen LogP contribution in [0, 0.1) is 5.95 Å². The molecule has 0 radical (unpaired) electrons. The lowest BCUT2D eigenvalue weighted by Gasteiger charge is -2.32. The van der Waals surface area contributed by atoms with Crippen molar-refractivity contribution in [1.29, 1.82) is 0 Å². The number of hydrogen-bond acceptors (Lipinski definition) is 4. The quantitative estimate of drug-likeness (QED) is 0.601. The van der Waals surface area contributed by atoms with E-state index in [0.29, 0.717) is 11.3 Å². The zero-order valence-electron chi connectivity index (χ0n) is 12.3. The fraction of sp³-hybridized carbons (Fsp3) is 0.615. The highest BCUT2D eigenvalue weighted by Gasteiger charge is 2.51. The van der Waals surface area contributed by atoms with Gasteiger partial charge in [0.15, 0.2) is 0 Å². The van der Waals surface area contributed by atoms with Crippen molar-refractivity contribution in [2.45, 2.75) is 38.9 Å². The molecular weight excluding hydrogens is 246 g/mol. The Labute approximate surface area is 114 Å². The molecule has 0 aliphatic carbocycles. The number of nitrogens with zero attached hydrogens (tertiary/aromatic N) is 2. The Morgan fingerprint density at radius 2 is 1.63 bits per heavy atom. The fourth-order valence-corrected chi connectivity index (χ4v) is 1.85. The van der Waals surface area contributed by atoms with Gasteiger partial charge < -0.3 is 14.2 Å². The molecule has 2 rings (SSSR count). The number of anilines is 1. The summed E-state index contributed by atoms with van der Waals surface area (Å²) in [5.41, 5.74) is -0.222. The van der Waals surface area contributed by atoms with Crippen LogP contribution in [0.1, 0.15) is 27.7 Å². The molecule has 1 aliphatic heterocycles. The molecule has 0 saturated carbocycles. The average Bonchev–Trinajstić information content (AvgIpc) is 2.47. The van der Waals surface area contributed by atoms with Crippen molar-refractivity contribution in [2.75, 3.05) is 19.0 Å². The van der Waals surface area contributed by atoms with Crippen molar-refractivity contribution in [1.82, 2.24) is 4.98 Å². The van der Waals surface area contributed by atoms with Crippen LogP contribution in [0.2, 0.25) is 0 Å². The Kier molecular flexibility index (Phi) is 3.35. The minimum absolute atomic E-state index is 0.435. The first-order valence-electron chi connectivity index (χ1n) is 6.33. The molecule has 2 heterocycles. The summed E-state index contributed by atoms with van der Waals surface area (Å²) in [5.74, 6) is 0.0145. The van der Waals surface area contributed by atoms with Gasteiger partial charge in [0.05, 0.1) is 11.2 Å². The highest BCUT2D eigenvalue weighted by atomic mass is 19.1. The monoisotopic (exact) mass is 266 g/mol. The van der Waals surface area contributed by atoms with Gasteiger partial charge in [0, 0.05) is 14.1 Å². The molecular formula is C13H20BFN2O2. The maximum atomic E-state index is 13.6. The molecule has 104 valence electrons. The number of rotatable bonds is 2. The SMILES string of the molecule is CN(C)c1cc(B2OC(C)(C)C(C)(C)O2)cc(F)n1. The largest absolute Gasteiger partial charge is 0.495 e. The summed E-state index contributed by atoms with van der Waals surface area (Å²) in [6.07, 6.45) is 0. The van der Waals surface area contributed by atoms with Gasteiger partial charge in [-0.1, -0.05) is 0 Å². The van der Waals surface area contributed by atoms with Gasteiger partial charge in [0.1, 0.15) is 5.82 Å². The van der Waals surface area contributed by atoms with Crippen LogP contribution in [0.25, 0.3) is 0 Å². The van der Waals surface area contributed by atoms with Crippen molar-refractivity contribution in [3.8, 4) is 0 Å². The Bertz CT molecular complexity index is 476. The standard InChI is InChI=1S/C13H20BFN2O2/c1-12(2)13(3,4)19-14(18-12)9-7-10(15)16-11(8-9)17(5)6/h7-8H,1-6H3. The zero-order valence-corrected chi connectivity index (χ0v) is 12.3. The summed E-state index contributed by atoms with van der Waals surface area (Å²) < 4.78 is 25.4. The Morgan fingerprint density at radius 1 is 1.11 bits per heavy atom. The predicted octanol–water partition coefficient (Wildman–Crippen LogP) is 1.59. The molecule has 0 N–H and O–H groups in total. The van der Waals surface area contributed by atoms with E-state index in [1.54, 1.807) is 11.0 Å². The molecule has 0 unspecified atom stereocenters. The van der Waals surface area contributed by atoms with Crippen molar-refractivity contribution >= 4 is 18.4 Å². The Balaban J connectivity index is 2.34. The first-order valence-corrected chi connectivity index (χ1v) is 6.33. The molecule has 0 amide bonds. The van der Waals surface area contributed by atoms with Crippen LogP contribution >= 0.6 is 0 Å². The molecule has 0 aromatic carbocycles. The first kappa shape index (κ1) is 14.3. The smallest absolute Gasteiger partial charge is 0.399 e.